The molecule has 46 valence electrons. The van der Waals surface area contributed by atoms with Crippen molar-refractivity contribution in [2.75, 3.05) is 6.67 Å². The van der Waals surface area contributed by atoms with Crippen molar-refractivity contribution in [1.82, 2.24) is 10.6 Å². The van der Waals surface area contributed by atoms with Gasteiger partial charge in [-0.15, -0.1) is 0 Å². The zero-order valence-corrected chi connectivity index (χ0v) is 5.36. The third-order valence-corrected chi connectivity index (χ3v) is 1.26. The Labute approximate surface area is 50.0 Å². The fourth-order valence-corrected chi connectivity index (χ4v) is 0.664. The molecule has 0 aromatic carbocycles. The maximum atomic E-state index is 3.26. The van der Waals surface area contributed by atoms with Crippen LogP contribution in [0.2, 0.25) is 0 Å². The van der Waals surface area contributed by atoms with Crippen LogP contribution in [0.5, 0.6) is 0 Å². The van der Waals surface area contributed by atoms with Crippen molar-refractivity contribution >= 4 is 0 Å². The molecule has 2 N–H and O–H groups in total. The van der Waals surface area contributed by atoms with Gasteiger partial charge in [-0.2, -0.15) is 0 Å². The molecule has 2 heteroatoms. The Morgan fingerprint density at radius 1 is 1.50 bits per heavy atom. The van der Waals surface area contributed by atoms with Crippen molar-refractivity contribution in [1.29, 1.82) is 0 Å². The SMILES string of the molecule is CC1(C)C=CNCN1. The van der Waals surface area contributed by atoms with E-state index in [-0.39, 0.29) is 5.54 Å². The van der Waals surface area contributed by atoms with E-state index in [1.807, 2.05) is 6.20 Å². The molecular weight excluding hydrogens is 100 g/mol. The first-order chi connectivity index (χ1) is 3.71. The molecule has 1 heterocycles. The second kappa shape index (κ2) is 1.78. The highest BCUT2D eigenvalue weighted by Crippen LogP contribution is 2.03. The van der Waals surface area contributed by atoms with Crippen molar-refractivity contribution in [3.05, 3.63) is 12.3 Å². The first kappa shape index (κ1) is 5.63. The van der Waals surface area contributed by atoms with E-state index in [1.165, 1.54) is 0 Å². The third kappa shape index (κ3) is 1.23. The van der Waals surface area contributed by atoms with Gasteiger partial charge in [0.25, 0.3) is 0 Å². The lowest BCUT2D eigenvalue weighted by Crippen LogP contribution is -2.45. The van der Waals surface area contributed by atoms with E-state index < -0.39 is 0 Å². The van der Waals surface area contributed by atoms with Crippen LogP contribution < -0.4 is 10.6 Å². The maximum Gasteiger partial charge on any atom is 0.0654 e. The minimum absolute atomic E-state index is 0.186. The highest BCUT2D eigenvalue weighted by molar-refractivity contribution is 5.02. The quantitative estimate of drug-likeness (QED) is 0.475. The summed E-state index contributed by atoms with van der Waals surface area (Å²) in [5.41, 5.74) is 0.186. The molecule has 0 fully saturated rings. The van der Waals surface area contributed by atoms with Crippen molar-refractivity contribution in [2.45, 2.75) is 19.4 Å². The Morgan fingerprint density at radius 3 is 2.50 bits per heavy atom. The molecule has 0 amide bonds. The summed E-state index contributed by atoms with van der Waals surface area (Å²) in [7, 11) is 0. The number of hydrogen-bond acceptors (Lipinski definition) is 2. The van der Waals surface area contributed by atoms with Crippen LogP contribution in [0.1, 0.15) is 13.8 Å². The summed E-state index contributed by atoms with van der Waals surface area (Å²) in [5.74, 6) is 0. The first-order valence-electron chi connectivity index (χ1n) is 2.87. The Balaban J connectivity index is 2.56. The van der Waals surface area contributed by atoms with Crippen molar-refractivity contribution < 1.29 is 0 Å². The summed E-state index contributed by atoms with van der Waals surface area (Å²) in [4.78, 5) is 0. The number of rotatable bonds is 0. The van der Waals surface area contributed by atoms with Gasteiger partial charge in [-0.3, -0.25) is 5.32 Å². The predicted molar refractivity (Wildman–Crippen MR) is 34.4 cm³/mol. The molecule has 1 aliphatic heterocycles. The molecule has 1 aliphatic rings. The zero-order valence-electron chi connectivity index (χ0n) is 5.36. The highest BCUT2D eigenvalue weighted by atomic mass is 15.1. The van der Waals surface area contributed by atoms with Crippen LogP contribution in [0.4, 0.5) is 0 Å². The van der Waals surface area contributed by atoms with Gasteiger partial charge >= 0.3 is 0 Å². The Kier molecular flexibility index (Phi) is 1.26. The summed E-state index contributed by atoms with van der Waals surface area (Å²) >= 11 is 0. The molecule has 8 heavy (non-hydrogen) atoms. The van der Waals surface area contributed by atoms with E-state index in [0.29, 0.717) is 0 Å². The van der Waals surface area contributed by atoms with E-state index in [9.17, 15) is 0 Å². The van der Waals surface area contributed by atoms with Gasteiger partial charge in [0.2, 0.25) is 0 Å². The average molecular weight is 112 g/mol. The summed E-state index contributed by atoms with van der Waals surface area (Å²) in [6.45, 7) is 5.16. The molecule has 0 radical (unpaired) electrons. The van der Waals surface area contributed by atoms with E-state index >= 15 is 0 Å². The minimum atomic E-state index is 0.186. The molecule has 0 atom stereocenters. The van der Waals surface area contributed by atoms with E-state index in [2.05, 4.69) is 30.6 Å². The van der Waals surface area contributed by atoms with Crippen molar-refractivity contribution in [3.8, 4) is 0 Å². The average Bonchev–Trinajstić information content (AvgIpc) is 1.65. The standard InChI is InChI=1S/C6H12N2/c1-6(2)3-4-7-5-8-6/h3-4,7-8H,5H2,1-2H3. The van der Waals surface area contributed by atoms with Crippen LogP contribution in [0.3, 0.4) is 0 Å². The van der Waals surface area contributed by atoms with Crippen LogP contribution in [-0.2, 0) is 0 Å². The lowest BCUT2D eigenvalue weighted by atomic mass is 10.1. The van der Waals surface area contributed by atoms with Crippen molar-refractivity contribution in [2.24, 2.45) is 0 Å². The van der Waals surface area contributed by atoms with Crippen molar-refractivity contribution in [3.63, 3.8) is 0 Å². The van der Waals surface area contributed by atoms with Crippen LogP contribution >= 0.6 is 0 Å². The molecule has 0 bridgehead atoms. The summed E-state index contributed by atoms with van der Waals surface area (Å²) in [5, 5.41) is 6.31. The monoisotopic (exact) mass is 112 g/mol. The Morgan fingerprint density at radius 2 is 2.25 bits per heavy atom. The Bertz CT molecular complexity index is 105. The summed E-state index contributed by atoms with van der Waals surface area (Å²) in [6, 6.07) is 0. The summed E-state index contributed by atoms with van der Waals surface area (Å²) in [6.07, 6.45) is 4.09. The highest BCUT2D eigenvalue weighted by Gasteiger charge is 2.13. The number of nitrogens with one attached hydrogen (secondary N) is 2. The second-order valence-corrected chi connectivity index (χ2v) is 2.61. The number of hydrogen-bond donors (Lipinski definition) is 2. The maximum absolute atomic E-state index is 3.26. The fraction of sp³-hybridized carbons (Fsp3) is 0.667. The van der Waals surface area contributed by atoms with E-state index in [0.717, 1.165) is 6.67 Å². The van der Waals surface area contributed by atoms with Crippen LogP contribution in [0, 0.1) is 0 Å². The molecule has 1 rings (SSSR count). The van der Waals surface area contributed by atoms with Gasteiger partial charge in [0.1, 0.15) is 0 Å². The normalized spacial score (nSPS) is 24.8. The zero-order chi connectivity index (χ0) is 6.04. The van der Waals surface area contributed by atoms with Crippen LogP contribution in [-0.4, -0.2) is 12.2 Å². The van der Waals surface area contributed by atoms with Gasteiger partial charge < -0.3 is 5.32 Å². The smallest absolute Gasteiger partial charge is 0.0654 e. The lowest BCUT2D eigenvalue weighted by Gasteiger charge is -2.26. The van der Waals surface area contributed by atoms with Gasteiger partial charge in [0.05, 0.1) is 6.67 Å². The lowest BCUT2D eigenvalue weighted by molar-refractivity contribution is 0.442. The molecule has 0 saturated heterocycles. The molecule has 0 aromatic rings. The fourth-order valence-electron chi connectivity index (χ4n) is 0.664. The van der Waals surface area contributed by atoms with E-state index in [4.69, 9.17) is 0 Å². The van der Waals surface area contributed by atoms with Gasteiger partial charge in [0, 0.05) is 5.54 Å². The van der Waals surface area contributed by atoms with Gasteiger partial charge in [0.15, 0.2) is 0 Å². The van der Waals surface area contributed by atoms with Gasteiger partial charge in [-0.25, -0.2) is 0 Å². The van der Waals surface area contributed by atoms with Crippen LogP contribution in [0.25, 0.3) is 0 Å². The minimum Gasteiger partial charge on any atom is -0.379 e. The van der Waals surface area contributed by atoms with Gasteiger partial charge in [-0.1, -0.05) is 0 Å². The molecule has 0 saturated carbocycles. The van der Waals surface area contributed by atoms with Crippen LogP contribution in [0.15, 0.2) is 12.3 Å². The predicted octanol–water partition coefficient (Wildman–Crippen LogP) is 0.429. The molecule has 0 spiro atoms. The molecule has 0 unspecified atom stereocenters. The largest absolute Gasteiger partial charge is 0.379 e. The molecule has 0 aliphatic carbocycles. The molecule has 0 aromatic heterocycles. The third-order valence-electron chi connectivity index (χ3n) is 1.26. The summed E-state index contributed by atoms with van der Waals surface area (Å²) < 4.78 is 0. The Hall–Kier alpha value is -0.500. The van der Waals surface area contributed by atoms with E-state index in [1.54, 1.807) is 0 Å². The molecular formula is C6H12N2. The van der Waals surface area contributed by atoms with Gasteiger partial charge in [-0.05, 0) is 26.1 Å². The first-order valence-corrected chi connectivity index (χ1v) is 2.87. The second-order valence-electron chi connectivity index (χ2n) is 2.61. The molecule has 2 nitrogen and oxygen atoms in total. The topological polar surface area (TPSA) is 24.1 Å².